The Balaban J connectivity index is 1.33. The first kappa shape index (κ1) is 34.3. The van der Waals surface area contributed by atoms with Gasteiger partial charge in [-0.3, -0.25) is 14.6 Å². The maximum absolute atomic E-state index is 12.9. The minimum atomic E-state index is -0.593. The summed E-state index contributed by atoms with van der Waals surface area (Å²) in [5.41, 5.74) is 4.99. The SMILES string of the molecule is CN(C)Cc1cc(-c2cccc(-c3csc(NC(=O)CNC(=O)c4cccc(C(C)(C)CNC(=O)OC(C)(C)C)c4)n3)c2)ccn1. The first-order valence-electron chi connectivity index (χ1n) is 15.0. The molecule has 0 saturated carbocycles. The highest BCUT2D eigenvalue weighted by atomic mass is 32.1. The zero-order valence-corrected chi connectivity index (χ0v) is 28.2. The van der Waals surface area contributed by atoms with Crippen LogP contribution in [0.25, 0.3) is 22.4 Å². The largest absolute Gasteiger partial charge is 0.444 e. The van der Waals surface area contributed by atoms with Gasteiger partial charge in [0.05, 0.1) is 17.9 Å². The molecule has 3 amide bonds. The number of hydrogen-bond donors (Lipinski definition) is 3. The number of rotatable bonds is 11. The molecule has 0 aliphatic rings. The third kappa shape index (κ3) is 9.95. The van der Waals surface area contributed by atoms with E-state index in [-0.39, 0.29) is 18.4 Å². The highest BCUT2D eigenvalue weighted by Gasteiger charge is 2.24. The number of carbonyl (C=O) groups is 3. The van der Waals surface area contributed by atoms with Crippen LogP contribution in [0.2, 0.25) is 0 Å². The van der Waals surface area contributed by atoms with E-state index in [9.17, 15) is 14.4 Å². The number of amides is 3. The molecule has 0 spiro atoms. The molecule has 242 valence electrons. The Kier molecular flexibility index (Phi) is 10.9. The number of nitrogens with one attached hydrogen (secondary N) is 3. The summed E-state index contributed by atoms with van der Waals surface area (Å²) < 4.78 is 5.33. The Bertz CT molecular complexity index is 1690. The van der Waals surface area contributed by atoms with Crippen LogP contribution in [0, 0.1) is 0 Å². The van der Waals surface area contributed by atoms with E-state index in [0.29, 0.717) is 17.2 Å². The number of hydrogen-bond acceptors (Lipinski definition) is 8. The molecule has 0 saturated heterocycles. The van der Waals surface area contributed by atoms with Gasteiger partial charge in [-0.2, -0.15) is 0 Å². The number of carbonyl (C=O) groups excluding carboxylic acids is 3. The van der Waals surface area contributed by atoms with Crippen LogP contribution in [0.4, 0.5) is 9.93 Å². The molecule has 46 heavy (non-hydrogen) atoms. The molecule has 4 aromatic rings. The van der Waals surface area contributed by atoms with E-state index in [1.54, 1.807) is 39.0 Å². The lowest BCUT2D eigenvalue weighted by Gasteiger charge is -2.27. The Labute approximate surface area is 274 Å². The van der Waals surface area contributed by atoms with Crippen LogP contribution in [0.1, 0.15) is 56.2 Å². The Morgan fingerprint density at radius 3 is 2.35 bits per heavy atom. The summed E-state index contributed by atoms with van der Waals surface area (Å²) in [6, 6.07) is 19.3. The maximum Gasteiger partial charge on any atom is 0.407 e. The fraction of sp³-hybridized carbons (Fsp3) is 0.343. The van der Waals surface area contributed by atoms with Gasteiger partial charge in [-0.15, -0.1) is 11.3 Å². The number of nitrogens with zero attached hydrogens (tertiary/aromatic N) is 3. The quantitative estimate of drug-likeness (QED) is 0.180. The van der Waals surface area contributed by atoms with Crippen LogP contribution >= 0.6 is 11.3 Å². The van der Waals surface area contributed by atoms with Crippen molar-refractivity contribution in [3.8, 4) is 22.4 Å². The van der Waals surface area contributed by atoms with Gasteiger partial charge in [0.2, 0.25) is 5.91 Å². The fourth-order valence-electron chi connectivity index (χ4n) is 4.61. The molecule has 0 atom stereocenters. The van der Waals surface area contributed by atoms with E-state index >= 15 is 0 Å². The summed E-state index contributed by atoms with van der Waals surface area (Å²) >= 11 is 1.32. The van der Waals surface area contributed by atoms with E-state index in [1.165, 1.54) is 11.3 Å². The highest BCUT2D eigenvalue weighted by Crippen LogP contribution is 2.29. The molecule has 0 aliphatic heterocycles. The van der Waals surface area contributed by atoms with E-state index in [1.807, 2.05) is 69.9 Å². The van der Waals surface area contributed by atoms with E-state index in [2.05, 4.69) is 43.0 Å². The van der Waals surface area contributed by atoms with Gasteiger partial charge < -0.3 is 25.6 Å². The van der Waals surface area contributed by atoms with E-state index < -0.39 is 17.1 Å². The van der Waals surface area contributed by atoms with Crippen LogP contribution in [-0.2, 0) is 21.5 Å². The molecule has 0 bridgehead atoms. The number of anilines is 1. The second-order valence-electron chi connectivity index (χ2n) is 12.9. The summed E-state index contributed by atoms with van der Waals surface area (Å²) in [4.78, 5) is 48.9. The molecule has 2 heterocycles. The summed E-state index contributed by atoms with van der Waals surface area (Å²) in [6.45, 7) is 10.2. The fourth-order valence-corrected chi connectivity index (χ4v) is 5.34. The lowest BCUT2D eigenvalue weighted by Crippen LogP contribution is -2.40. The zero-order chi connectivity index (χ0) is 33.5. The Morgan fingerprint density at radius 1 is 0.891 bits per heavy atom. The van der Waals surface area contributed by atoms with Gasteiger partial charge in [-0.1, -0.05) is 44.2 Å². The molecule has 0 unspecified atom stereocenters. The zero-order valence-electron chi connectivity index (χ0n) is 27.4. The molecule has 3 N–H and O–H groups in total. The monoisotopic (exact) mass is 642 g/mol. The highest BCUT2D eigenvalue weighted by molar-refractivity contribution is 7.14. The van der Waals surface area contributed by atoms with E-state index in [4.69, 9.17) is 4.74 Å². The number of thiazole rings is 1. The van der Waals surface area contributed by atoms with Gasteiger partial charge in [-0.25, -0.2) is 9.78 Å². The molecular weight excluding hydrogens is 600 g/mol. The van der Waals surface area contributed by atoms with Crippen LogP contribution in [0.5, 0.6) is 0 Å². The van der Waals surface area contributed by atoms with Crippen molar-refractivity contribution < 1.29 is 19.1 Å². The molecule has 0 fully saturated rings. The third-order valence-electron chi connectivity index (χ3n) is 6.93. The predicted octanol–water partition coefficient (Wildman–Crippen LogP) is 6.10. The van der Waals surface area contributed by atoms with Gasteiger partial charge in [0, 0.05) is 41.2 Å². The van der Waals surface area contributed by atoms with Gasteiger partial charge in [0.15, 0.2) is 5.13 Å². The number of ether oxygens (including phenoxy) is 1. The summed E-state index contributed by atoms with van der Waals surface area (Å²) in [7, 11) is 4.03. The van der Waals surface area contributed by atoms with Gasteiger partial charge in [0.1, 0.15) is 5.60 Å². The standard InChI is InChI=1S/C35H42N6O4S/c1-34(2,3)45-33(44)38-22-35(4,5)27-13-9-12-26(17-27)31(43)37-19-30(42)40-32-39-29(21-46-32)25-11-8-10-23(16-25)24-14-15-36-28(18-24)20-41(6)7/h8-18,21H,19-20,22H2,1-7H3,(H,37,43)(H,38,44)(H,39,40,42). The normalized spacial score (nSPS) is 11.7. The Hall–Kier alpha value is -4.61. The number of aromatic nitrogens is 2. The van der Waals surface area contributed by atoms with Crippen molar-refractivity contribution in [2.24, 2.45) is 0 Å². The lowest BCUT2D eigenvalue weighted by molar-refractivity contribution is -0.115. The molecule has 4 rings (SSSR count). The molecular formula is C35H42N6O4S. The predicted molar refractivity (Wildman–Crippen MR) is 183 cm³/mol. The minimum Gasteiger partial charge on any atom is -0.444 e. The average Bonchev–Trinajstić information content (AvgIpc) is 3.46. The topological polar surface area (TPSA) is 126 Å². The summed E-state index contributed by atoms with van der Waals surface area (Å²) in [6.07, 6.45) is 1.32. The molecule has 2 aromatic carbocycles. The lowest BCUT2D eigenvalue weighted by atomic mass is 9.84. The molecule has 0 aliphatic carbocycles. The first-order chi connectivity index (χ1) is 21.7. The smallest absolute Gasteiger partial charge is 0.407 e. The van der Waals surface area contributed by atoms with Crippen molar-refractivity contribution in [2.75, 3.05) is 32.5 Å². The van der Waals surface area contributed by atoms with Gasteiger partial charge in [0.25, 0.3) is 5.91 Å². The van der Waals surface area contributed by atoms with Crippen LogP contribution < -0.4 is 16.0 Å². The Morgan fingerprint density at radius 2 is 1.61 bits per heavy atom. The molecule has 11 heteroatoms. The van der Waals surface area contributed by atoms with Crippen molar-refractivity contribution in [1.29, 1.82) is 0 Å². The van der Waals surface area contributed by atoms with Crippen molar-refractivity contribution >= 4 is 34.4 Å². The van der Waals surface area contributed by atoms with Crippen molar-refractivity contribution in [3.05, 3.63) is 89.1 Å². The van der Waals surface area contributed by atoms with Crippen molar-refractivity contribution in [3.63, 3.8) is 0 Å². The summed E-state index contributed by atoms with van der Waals surface area (Å²) in [5.74, 6) is -0.763. The molecule has 0 radical (unpaired) electrons. The second kappa shape index (κ2) is 14.7. The van der Waals surface area contributed by atoms with Crippen LogP contribution in [-0.4, -0.2) is 65.6 Å². The average molecular weight is 643 g/mol. The van der Waals surface area contributed by atoms with Crippen molar-refractivity contribution in [1.82, 2.24) is 25.5 Å². The number of alkyl carbamates (subject to hydrolysis) is 1. The van der Waals surface area contributed by atoms with E-state index in [0.717, 1.165) is 40.2 Å². The molecule has 2 aromatic heterocycles. The first-order valence-corrected chi connectivity index (χ1v) is 15.9. The molecule has 10 nitrogen and oxygen atoms in total. The van der Waals surface area contributed by atoms with Crippen LogP contribution in [0.15, 0.2) is 72.2 Å². The van der Waals surface area contributed by atoms with Gasteiger partial charge in [-0.05, 0) is 81.9 Å². The summed E-state index contributed by atoms with van der Waals surface area (Å²) in [5, 5.41) is 10.6. The van der Waals surface area contributed by atoms with Gasteiger partial charge >= 0.3 is 6.09 Å². The minimum absolute atomic E-state index is 0.214. The third-order valence-corrected chi connectivity index (χ3v) is 7.68. The van der Waals surface area contributed by atoms with Crippen LogP contribution in [0.3, 0.4) is 0 Å². The second-order valence-corrected chi connectivity index (χ2v) is 13.8. The number of pyridine rings is 1. The van der Waals surface area contributed by atoms with Crippen molar-refractivity contribution in [2.45, 2.75) is 52.2 Å². The maximum atomic E-state index is 12.9. The number of benzene rings is 2.